The van der Waals surface area contributed by atoms with Crippen LogP contribution in [0.2, 0.25) is 0 Å². The van der Waals surface area contributed by atoms with Gasteiger partial charge in [0.2, 0.25) is 11.2 Å². The van der Waals surface area contributed by atoms with Crippen LogP contribution in [0.4, 0.5) is 0 Å². The maximum absolute atomic E-state index is 2.35. The molecule has 30 heavy (non-hydrogen) atoms. The van der Waals surface area contributed by atoms with Crippen LogP contribution in [-0.4, -0.2) is 0 Å². The molecule has 6 aromatic rings. The SMILES string of the molecule is c1ccc(-c2c(-c3ccccc3)[n+]3ccccc3c3c2ccc2ccccc23)cc1. The number of fused-ring (bicyclic) bond motifs is 5. The highest BCUT2D eigenvalue weighted by Gasteiger charge is 2.25. The van der Waals surface area contributed by atoms with Crippen LogP contribution in [0.15, 0.2) is 121 Å². The minimum atomic E-state index is 1.22. The zero-order valence-corrected chi connectivity index (χ0v) is 16.5. The topological polar surface area (TPSA) is 4.10 Å². The van der Waals surface area contributed by atoms with E-state index in [-0.39, 0.29) is 0 Å². The predicted molar refractivity (Wildman–Crippen MR) is 125 cm³/mol. The molecule has 0 amide bonds. The summed E-state index contributed by atoms with van der Waals surface area (Å²) in [5, 5.41) is 5.13. The van der Waals surface area contributed by atoms with Crippen LogP contribution in [0.5, 0.6) is 0 Å². The third-order valence-corrected chi connectivity index (χ3v) is 5.90. The number of aromatic nitrogens is 1. The summed E-state index contributed by atoms with van der Waals surface area (Å²) in [4.78, 5) is 0. The average molecular weight is 382 g/mol. The maximum atomic E-state index is 2.35. The van der Waals surface area contributed by atoms with Crippen molar-refractivity contribution < 1.29 is 4.40 Å². The van der Waals surface area contributed by atoms with Crippen molar-refractivity contribution in [3.8, 4) is 22.4 Å². The summed E-state index contributed by atoms with van der Waals surface area (Å²) in [5.74, 6) is 0. The Morgan fingerprint density at radius 1 is 0.467 bits per heavy atom. The molecule has 0 aliphatic rings. The molecule has 2 aromatic heterocycles. The van der Waals surface area contributed by atoms with E-state index in [2.05, 4.69) is 126 Å². The van der Waals surface area contributed by atoms with Crippen molar-refractivity contribution in [2.45, 2.75) is 0 Å². The highest BCUT2D eigenvalue weighted by Crippen LogP contribution is 2.39. The van der Waals surface area contributed by atoms with E-state index in [9.17, 15) is 0 Å². The summed E-state index contributed by atoms with van der Waals surface area (Å²) in [7, 11) is 0. The van der Waals surface area contributed by atoms with Gasteiger partial charge < -0.3 is 0 Å². The smallest absolute Gasteiger partial charge is 0.159 e. The van der Waals surface area contributed by atoms with E-state index in [0.717, 1.165) is 0 Å². The molecule has 1 nitrogen and oxygen atoms in total. The molecule has 0 fully saturated rings. The molecule has 0 aliphatic heterocycles. The number of hydrogen-bond donors (Lipinski definition) is 0. The second-order valence-corrected chi connectivity index (χ2v) is 7.62. The lowest BCUT2D eigenvalue weighted by Gasteiger charge is -2.14. The van der Waals surface area contributed by atoms with Gasteiger partial charge in [-0.3, -0.25) is 0 Å². The highest BCUT2D eigenvalue weighted by molar-refractivity contribution is 6.19. The number of hydrogen-bond acceptors (Lipinski definition) is 0. The van der Waals surface area contributed by atoms with Gasteiger partial charge in [0, 0.05) is 23.1 Å². The molecule has 4 aromatic carbocycles. The molecule has 140 valence electrons. The van der Waals surface area contributed by atoms with Crippen LogP contribution in [0, 0.1) is 0 Å². The first-order valence-electron chi connectivity index (χ1n) is 10.3. The summed E-state index contributed by atoms with van der Waals surface area (Å²) < 4.78 is 2.35. The predicted octanol–water partition coefficient (Wildman–Crippen LogP) is 7.07. The van der Waals surface area contributed by atoms with E-state index in [1.54, 1.807) is 0 Å². The molecule has 0 atom stereocenters. The van der Waals surface area contributed by atoms with Gasteiger partial charge in [-0.1, -0.05) is 84.9 Å². The van der Waals surface area contributed by atoms with Crippen LogP contribution in [0.1, 0.15) is 0 Å². The van der Waals surface area contributed by atoms with Crippen molar-refractivity contribution in [1.29, 1.82) is 0 Å². The summed E-state index contributed by atoms with van der Waals surface area (Å²) in [5.41, 5.74) is 6.16. The Morgan fingerprint density at radius 3 is 1.93 bits per heavy atom. The maximum Gasteiger partial charge on any atom is 0.226 e. The third kappa shape index (κ3) is 2.53. The molecule has 6 rings (SSSR count). The average Bonchev–Trinajstić information content (AvgIpc) is 2.84. The Bertz CT molecular complexity index is 1520. The number of pyridine rings is 2. The first-order valence-corrected chi connectivity index (χ1v) is 10.3. The van der Waals surface area contributed by atoms with Crippen molar-refractivity contribution in [1.82, 2.24) is 0 Å². The normalized spacial score (nSPS) is 11.3. The minimum Gasteiger partial charge on any atom is -0.159 e. The molecule has 0 saturated carbocycles. The van der Waals surface area contributed by atoms with Crippen molar-refractivity contribution in [2.75, 3.05) is 0 Å². The van der Waals surface area contributed by atoms with Gasteiger partial charge >= 0.3 is 0 Å². The van der Waals surface area contributed by atoms with E-state index in [0.29, 0.717) is 0 Å². The fourth-order valence-corrected chi connectivity index (χ4v) is 4.62. The second kappa shape index (κ2) is 6.82. The Kier molecular flexibility index (Phi) is 3.85. The molecule has 0 aliphatic carbocycles. The minimum absolute atomic E-state index is 1.22. The molecule has 0 unspecified atom stereocenters. The summed E-state index contributed by atoms with van der Waals surface area (Å²) in [6.45, 7) is 0. The molecule has 0 saturated heterocycles. The van der Waals surface area contributed by atoms with Gasteiger partial charge in [-0.25, -0.2) is 0 Å². The molecule has 0 radical (unpaired) electrons. The van der Waals surface area contributed by atoms with Gasteiger partial charge in [-0.05, 0) is 34.5 Å². The standard InChI is InChI=1S/C29H20N/c1-3-12-22(13-4-1)27-25-19-18-21-11-7-8-16-24(21)28(25)26-17-9-10-20-30(26)29(27)23-14-5-2-6-15-23/h1-20H/q+1. The Morgan fingerprint density at radius 2 is 1.13 bits per heavy atom. The van der Waals surface area contributed by atoms with Gasteiger partial charge in [0.15, 0.2) is 6.20 Å². The lowest BCUT2D eigenvalue weighted by Crippen LogP contribution is -2.26. The molecule has 2 heterocycles. The molecule has 0 spiro atoms. The zero-order chi connectivity index (χ0) is 19.9. The van der Waals surface area contributed by atoms with Crippen molar-refractivity contribution >= 4 is 27.1 Å². The van der Waals surface area contributed by atoms with E-state index >= 15 is 0 Å². The Labute approximate surface area is 175 Å². The van der Waals surface area contributed by atoms with Gasteiger partial charge in [-0.15, -0.1) is 0 Å². The number of benzene rings is 4. The van der Waals surface area contributed by atoms with Crippen LogP contribution in [0.25, 0.3) is 49.4 Å². The molecule has 0 bridgehead atoms. The van der Waals surface area contributed by atoms with E-state index in [1.807, 2.05) is 0 Å². The molecule has 0 N–H and O–H groups in total. The largest absolute Gasteiger partial charge is 0.226 e. The van der Waals surface area contributed by atoms with Crippen molar-refractivity contribution in [3.63, 3.8) is 0 Å². The number of nitrogens with zero attached hydrogens (tertiary/aromatic N) is 1. The van der Waals surface area contributed by atoms with Crippen LogP contribution < -0.4 is 4.40 Å². The fourth-order valence-electron chi connectivity index (χ4n) is 4.62. The van der Waals surface area contributed by atoms with Crippen LogP contribution in [0.3, 0.4) is 0 Å². The van der Waals surface area contributed by atoms with Gasteiger partial charge in [0.25, 0.3) is 0 Å². The third-order valence-electron chi connectivity index (χ3n) is 5.90. The highest BCUT2D eigenvalue weighted by atomic mass is 14.9. The Hall–Kier alpha value is -3.97. The van der Waals surface area contributed by atoms with E-state index < -0.39 is 0 Å². The van der Waals surface area contributed by atoms with Gasteiger partial charge in [0.05, 0.1) is 10.9 Å². The fraction of sp³-hybridized carbons (Fsp3) is 0. The second-order valence-electron chi connectivity index (χ2n) is 7.62. The van der Waals surface area contributed by atoms with Crippen LogP contribution in [-0.2, 0) is 0 Å². The Balaban J connectivity index is 1.93. The molecule has 1 heteroatoms. The van der Waals surface area contributed by atoms with Crippen molar-refractivity contribution in [2.24, 2.45) is 0 Å². The lowest BCUT2D eigenvalue weighted by molar-refractivity contribution is -0.497. The zero-order valence-electron chi connectivity index (χ0n) is 16.5. The van der Waals surface area contributed by atoms with E-state index in [1.165, 1.54) is 49.4 Å². The monoisotopic (exact) mass is 382 g/mol. The quantitative estimate of drug-likeness (QED) is 0.223. The number of rotatable bonds is 2. The van der Waals surface area contributed by atoms with Crippen molar-refractivity contribution in [3.05, 3.63) is 121 Å². The lowest BCUT2D eigenvalue weighted by atomic mass is 9.90. The summed E-state index contributed by atoms with van der Waals surface area (Å²) in [6.07, 6.45) is 2.19. The molecular formula is C29H20N+. The van der Waals surface area contributed by atoms with Crippen LogP contribution >= 0.6 is 0 Å². The molecular weight excluding hydrogens is 362 g/mol. The summed E-state index contributed by atoms with van der Waals surface area (Å²) in [6, 6.07) is 41.2. The summed E-state index contributed by atoms with van der Waals surface area (Å²) >= 11 is 0. The first-order chi connectivity index (χ1) is 14.9. The first kappa shape index (κ1) is 16.9. The van der Waals surface area contributed by atoms with E-state index in [4.69, 9.17) is 0 Å². The van der Waals surface area contributed by atoms with Gasteiger partial charge in [-0.2, -0.15) is 4.40 Å². The van der Waals surface area contributed by atoms with Gasteiger partial charge in [0.1, 0.15) is 0 Å².